The van der Waals surface area contributed by atoms with E-state index >= 15 is 0 Å². The lowest BCUT2D eigenvalue weighted by Crippen LogP contribution is -2.11. The number of aromatic nitrogens is 1. The Hall–Kier alpha value is -1.79. The highest BCUT2D eigenvalue weighted by Crippen LogP contribution is 2.29. The average molecular weight is 206 g/mol. The highest BCUT2D eigenvalue weighted by Gasteiger charge is 2.33. The van der Waals surface area contributed by atoms with Gasteiger partial charge in [-0.15, -0.1) is 0 Å². The summed E-state index contributed by atoms with van der Waals surface area (Å²) in [5.74, 6) is -1.52. The van der Waals surface area contributed by atoms with E-state index in [0.717, 1.165) is 0 Å². The molecule has 1 aromatic rings. The van der Waals surface area contributed by atoms with Crippen molar-refractivity contribution in [3.63, 3.8) is 0 Å². The third-order valence-electron chi connectivity index (χ3n) is 1.46. The van der Waals surface area contributed by atoms with Crippen LogP contribution in [0.2, 0.25) is 0 Å². The highest BCUT2D eigenvalue weighted by atomic mass is 19.4. The van der Waals surface area contributed by atoms with Crippen molar-refractivity contribution in [2.24, 2.45) is 0 Å². The molecule has 1 rings (SSSR count). The Kier molecular flexibility index (Phi) is 2.33. The Labute approximate surface area is 76.2 Å². The maximum atomic E-state index is 12.1. The number of nitrogens with zero attached hydrogens (tertiary/aromatic N) is 1. The predicted molar refractivity (Wildman–Crippen MR) is 40.6 cm³/mol. The second-order valence-electron chi connectivity index (χ2n) is 2.46. The number of alkyl halides is 3. The van der Waals surface area contributed by atoms with E-state index in [1.165, 1.54) is 0 Å². The first kappa shape index (κ1) is 10.3. The van der Waals surface area contributed by atoms with E-state index in [9.17, 15) is 18.0 Å². The second kappa shape index (κ2) is 3.17. The minimum atomic E-state index is -4.67. The monoisotopic (exact) mass is 206 g/mol. The molecular formula is C7H5F3N2O2. The van der Waals surface area contributed by atoms with Gasteiger partial charge in [-0.05, 0) is 6.07 Å². The van der Waals surface area contributed by atoms with E-state index in [1.807, 2.05) is 0 Å². The van der Waals surface area contributed by atoms with Crippen LogP contribution >= 0.6 is 0 Å². The van der Waals surface area contributed by atoms with Crippen molar-refractivity contribution in [1.29, 1.82) is 0 Å². The molecule has 14 heavy (non-hydrogen) atoms. The maximum absolute atomic E-state index is 12.1. The number of hydrogen-bond acceptors (Lipinski definition) is 3. The van der Waals surface area contributed by atoms with Crippen molar-refractivity contribution in [2.75, 3.05) is 5.73 Å². The smallest absolute Gasteiger partial charge is 0.433 e. The van der Waals surface area contributed by atoms with Gasteiger partial charge in [0.15, 0.2) is 0 Å². The number of pyridine rings is 1. The Balaban J connectivity index is 3.27. The molecule has 0 spiro atoms. The Morgan fingerprint density at radius 1 is 1.50 bits per heavy atom. The molecule has 0 aliphatic rings. The molecule has 0 fully saturated rings. The van der Waals surface area contributed by atoms with Gasteiger partial charge in [0, 0.05) is 0 Å². The molecule has 0 unspecified atom stereocenters. The zero-order valence-corrected chi connectivity index (χ0v) is 6.67. The van der Waals surface area contributed by atoms with E-state index in [1.54, 1.807) is 0 Å². The molecule has 3 N–H and O–H groups in total. The van der Waals surface area contributed by atoms with Crippen LogP contribution in [0, 0.1) is 0 Å². The SMILES string of the molecule is Nc1cnc(C(F)(F)F)cc1C(=O)O. The standard InChI is InChI=1S/C7H5F3N2O2/c8-7(9,10)5-1-3(6(13)14)4(11)2-12-5/h1-2H,11H2,(H,13,14). The number of rotatable bonds is 1. The number of carboxylic acids is 1. The zero-order valence-electron chi connectivity index (χ0n) is 6.67. The molecule has 0 bridgehead atoms. The first-order valence-corrected chi connectivity index (χ1v) is 3.38. The van der Waals surface area contributed by atoms with E-state index in [-0.39, 0.29) is 5.69 Å². The summed E-state index contributed by atoms with van der Waals surface area (Å²) in [6.45, 7) is 0. The molecule has 0 aromatic carbocycles. The molecule has 4 nitrogen and oxygen atoms in total. The summed E-state index contributed by atoms with van der Waals surface area (Å²) in [6, 6.07) is 0.400. The van der Waals surface area contributed by atoms with Gasteiger partial charge in [-0.1, -0.05) is 0 Å². The van der Waals surface area contributed by atoms with E-state index in [2.05, 4.69) is 4.98 Å². The summed E-state index contributed by atoms with van der Waals surface area (Å²) < 4.78 is 36.2. The maximum Gasteiger partial charge on any atom is 0.433 e. The quantitative estimate of drug-likeness (QED) is 0.727. The number of hydrogen-bond donors (Lipinski definition) is 2. The van der Waals surface area contributed by atoms with Gasteiger partial charge in [-0.3, -0.25) is 0 Å². The molecule has 1 aromatic heterocycles. The average Bonchev–Trinajstić information content (AvgIpc) is 2.02. The second-order valence-corrected chi connectivity index (χ2v) is 2.46. The van der Waals surface area contributed by atoms with Crippen LogP contribution in [-0.4, -0.2) is 16.1 Å². The number of carboxylic acid groups (broad SMARTS) is 1. The number of carbonyl (C=O) groups is 1. The van der Waals surface area contributed by atoms with Crippen LogP contribution in [0.15, 0.2) is 12.3 Å². The van der Waals surface area contributed by atoms with Gasteiger partial charge < -0.3 is 10.8 Å². The van der Waals surface area contributed by atoms with Gasteiger partial charge in [-0.25, -0.2) is 9.78 Å². The predicted octanol–water partition coefficient (Wildman–Crippen LogP) is 1.38. The van der Waals surface area contributed by atoms with Crippen LogP contribution < -0.4 is 5.73 Å². The molecule has 0 radical (unpaired) electrons. The van der Waals surface area contributed by atoms with Crippen LogP contribution in [0.3, 0.4) is 0 Å². The molecule has 0 atom stereocenters. The Morgan fingerprint density at radius 3 is 2.50 bits per heavy atom. The fourth-order valence-corrected chi connectivity index (χ4v) is 0.806. The van der Waals surface area contributed by atoms with Crippen LogP contribution in [0.5, 0.6) is 0 Å². The summed E-state index contributed by atoms with van der Waals surface area (Å²) >= 11 is 0. The minimum Gasteiger partial charge on any atom is -0.478 e. The normalized spacial score (nSPS) is 11.4. The molecule has 0 amide bonds. The third-order valence-corrected chi connectivity index (χ3v) is 1.46. The molecule has 76 valence electrons. The van der Waals surface area contributed by atoms with Gasteiger partial charge in [0.25, 0.3) is 0 Å². The van der Waals surface area contributed by atoms with E-state index in [4.69, 9.17) is 10.8 Å². The fourth-order valence-electron chi connectivity index (χ4n) is 0.806. The Morgan fingerprint density at radius 2 is 2.07 bits per heavy atom. The fraction of sp³-hybridized carbons (Fsp3) is 0.143. The van der Waals surface area contributed by atoms with E-state index in [0.29, 0.717) is 12.3 Å². The van der Waals surface area contributed by atoms with Crippen molar-refractivity contribution < 1.29 is 23.1 Å². The summed E-state index contributed by atoms with van der Waals surface area (Å²) in [6.07, 6.45) is -4.00. The van der Waals surface area contributed by atoms with Crippen molar-refractivity contribution in [3.8, 4) is 0 Å². The lowest BCUT2D eigenvalue weighted by molar-refractivity contribution is -0.141. The first-order valence-electron chi connectivity index (χ1n) is 3.38. The van der Waals surface area contributed by atoms with Crippen LogP contribution in [0.25, 0.3) is 0 Å². The zero-order chi connectivity index (χ0) is 10.9. The topological polar surface area (TPSA) is 76.2 Å². The van der Waals surface area contributed by atoms with Crippen LogP contribution in [0.1, 0.15) is 16.1 Å². The van der Waals surface area contributed by atoms with Gasteiger partial charge >= 0.3 is 12.1 Å². The van der Waals surface area contributed by atoms with Crippen LogP contribution in [0.4, 0.5) is 18.9 Å². The van der Waals surface area contributed by atoms with Crippen molar-refractivity contribution >= 4 is 11.7 Å². The molecule has 7 heteroatoms. The van der Waals surface area contributed by atoms with Crippen molar-refractivity contribution in [3.05, 3.63) is 23.5 Å². The first-order chi connectivity index (χ1) is 6.32. The summed E-state index contributed by atoms with van der Waals surface area (Å²) in [5.41, 5.74) is 2.94. The lowest BCUT2D eigenvalue weighted by Gasteiger charge is -2.07. The number of nitrogen functional groups attached to an aromatic ring is 1. The molecule has 1 heterocycles. The number of aromatic carboxylic acids is 1. The molecule has 0 aliphatic heterocycles. The molecule has 0 saturated carbocycles. The van der Waals surface area contributed by atoms with E-state index < -0.39 is 23.4 Å². The Bertz CT molecular complexity index is 376. The molecule has 0 saturated heterocycles. The summed E-state index contributed by atoms with van der Waals surface area (Å²) in [7, 11) is 0. The van der Waals surface area contributed by atoms with Gasteiger partial charge in [0.1, 0.15) is 5.69 Å². The van der Waals surface area contributed by atoms with Gasteiger partial charge in [0.05, 0.1) is 17.4 Å². The molecular weight excluding hydrogens is 201 g/mol. The van der Waals surface area contributed by atoms with Gasteiger partial charge in [-0.2, -0.15) is 13.2 Å². The third kappa shape index (κ3) is 1.93. The number of halogens is 3. The minimum absolute atomic E-state index is 0.300. The summed E-state index contributed by atoms with van der Waals surface area (Å²) in [4.78, 5) is 13.4. The van der Waals surface area contributed by atoms with Gasteiger partial charge in [0.2, 0.25) is 0 Å². The highest BCUT2D eigenvalue weighted by molar-refractivity contribution is 5.93. The largest absolute Gasteiger partial charge is 0.478 e. The van der Waals surface area contributed by atoms with Crippen molar-refractivity contribution in [2.45, 2.75) is 6.18 Å². The van der Waals surface area contributed by atoms with Crippen LogP contribution in [-0.2, 0) is 6.18 Å². The lowest BCUT2D eigenvalue weighted by atomic mass is 10.2. The van der Waals surface area contributed by atoms with Crippen molar-refractivity contribution in [1.82, 2.24) is 4.98 Å². The number of anilines is 1. The number of nitrogens with two attached hydrogens (primary N) is 1. The molecule has 0 aliphatic carbocycles. The summed E-state index contributed by atoms with van der Waals surface area (Å²) in [5, 5.41) is 8.48.